The van der Waals surface area contributed by atoms with E-state index < -0.39 is 28.5 Å². The molecule has 0 N–H and O–H groups in total. The van der Waals surface area contributed by atoms with Gasteiger partial charge in [0.15, 0.2) is 15.6 Å². The Morgan fingerprint density at radius 2 is 1.75 bits per heavy atom. The first-order chi connectivity index (χ1) is 15.2. The van der Waals surface area contributed by atoms with Gasteiger partial charge in [0, 0.05) is 19.7 Å². The molecule has 0 saturated heterocycles. The molecule has 32 heavy (non-hydrogen) atoms. The van der Waals surface area contributed by atoms with Gasteiger partial charge in [0.1, 0.15) is 6.67 Å². The van der Waals surface area contributed by atoms with Gasteiger partial charge in [0.05, 0.1) is 28.6 Å². The molecule has 2 amide bonds. The van der Waals surface area contributed by atoms with Crippen LogP contribution in [0.1, 0.15) is 17.5 Å². The minimum Gasteiger partial charge on any atom is -0.459 e. The van der Waals surface area contributed by atoms with Gasteiger partial charge in [-0.05, 0) is 47.5 Å². The summed E-state index contributed by atoms with van der Waals surface area (Å²) in [6.45, 7) is 0.517. The predicted molar refractivity (Wildman–Crippen MR) is 118 cm³/mol. The fourth-order valence-electron chi connectivity index (χ4n) is 3.88. The number of amides is 2. The second kappa shape index (κ2) is 8.23. The summed E-state index contributed by atoms with van der Waals surface area (Å²) in [5.74, 6) is -0.667. The predicted octanol–water partition coefficient (Wildman–Crippen LogP) is 3.70. The van der Waals surface area contributed by atoms with Crippen LogP contribution in [0.3, 0.4) is 0 Å². The van der Waals surface area contributed by atoms with E-state index in [1.54, 1.807) is 36.4 Å². The highest BCUT2D eigenvalue weighted by molar-refractivity contribution is 7.90. The molecule has 9 heteroatoms. The van der Waals surface area contributed by atoms with E-state index in [0.717, 1.165) is 11.8 Å². The van der Waals surface area contributed by atoms with Gasteiger partial charge >= 0.3 is 0 Å². The third kappa shape index (κ3) is 3.91. The van der Waals surface area contributed by atoms with Gasteiger partial charge in [-0.3, -0.25) is 9.59 Å². The summed E-state index contributed by atoms with van der Waals surface area (Å²) in [6, 6.07) is 13.8. The maximum absolute atomic E-state index is 13.8. The van der Waals surface area contributed by atoms with Gasteiger partial charge in [0.25, 0.3) is 5.91 Å². The van der Waals surface area contributed by atoms with Crippen LogP contribution < -0.4 is 9.80 Å². The quantitative estimate of drug-likeness (QED) is 0.597. The van der Waals surface area contributed by atoms with E-state index in [1.165, 1.54) is 41.2 Å². The van der Waals surface area contributed by atoms with Crippen LogP contribution in [-0.4, -0.2) is 45.7 Å². The van der Waals surface area contributed by atoms with Crippen LogP contribution in [0.25, 0.3) is 11.1 Å². The Morgan fingerprint density at radius 1 is 1.06 bits per heavy atom. The monoisotopic (exact) mass is 456 g/mol. The first kappa shape index (κ1) is 21.8. The van der Waals surface area contributed by atoms with Crippen molar-refractivity contribution in [1.29, 1.82) is 0 Å². The van der Waals surface area contributed by atoms with Crippen molar-refractivity contribution in [2.24, 2.45) is 0 Å². The Balaban J connectivity index is 1.83. The van der Waals surface area contributed by atoms with Crippen LogP contribution in [0.4, 0.5) is 15.8 Å². The zero-order chi connectivity index (χ0) is 23.0. The summed E-state index contributed by atoms with van der Waals surface area (Å²) in [5, 5.41) is 0. The average Bonchev–Trinajstić information content (AvgIpc) is 3.31. The van der Waals surface area contributed by atoms with Gasteiger partial charge in [-0.1, -0.05) is 18.2 Å². The number of furan rings is 1. The van der Waals surface area contributed by atoms with Gasteiger partial charge < -0.3 is 14.2 Å². The van der Waals surface area contributed by atoms with E-state index >= 15 is 0 Å². The van der Waals surface area contributed by atoms with Gasteiger partial charge in [-0.2, -0.15) is 0 Å². The number of hydrogen-bond acceptors (Lipinski definition) is 5. The van der Waals surface area contributed by atoms with E-state index in [2.05, 4.69) is 0 Å². The molecule has 0 saturated carbocycles. The summed E-state index contributed by atoms with van der Waals surface area (Å²) >= 11 is 0. The molecule has 2 heterocycles. The van der Waals surface area contributed by atoms with Crippen LogP contribution in [0.5, 0.6) is 0 Å². The number of sulfone groups is 1. The molecule has 7 nitrogen and oxygen atoms in total. The maximum atomic E-state index is 13.8. The van der Waals surface area contributed by atoms with Crippen molar-refractivity contribution in [1.82, 2.24) is 0 Å². The summed E-state index contributed by atoms with van der Waals surface area (Å²) < 4.78 is 42.6. The lowest BCUT2D eigenvalue weighted by Gasteiger charge is -2.41. The van der Waals surface area contributed by atoms with Crippen molar-refractivity contribution < 1.29 is 26.8 Å². The van der Waals surface area contributed by atoms with Crippen molar-refractivity contribution >= 4 is 33.0 Å². The van der Waals surface area contributed by atoms with Crippen LogP contribution in [0, 0.1) is 0 Å². The molecule has 0 bridgehead atoms. The molecule has 0 radical (unpaired) electrons. The van der Waals surface area contributed by atoms with Gasteiger partial charge in [0.2, 0.25) is 5.91 Å². The highest BCUT2D eigenvalue weighted by Gasteiger charge is 2.37. The van der Waals surface area contributed by atoms with E-state index in [4.69, 9.17) is 4.42 Å². The average molecular weight is 456 g/mol. The molecule has 1 unspecified atom stereocenters. The molecule has 4 rings (SSSR count). The number of rotatable bonds is 4. The Morgan fingerprint density at radius 3 is 2.31 bits per heavy atom. The lowest BCUT2D eigenvalue weighted by atomic mass is 10.00. The van der Waals surface area contributed by atoms with E-state index in [-0.39, 0.29) is 23.1 Å². The standard InChI is InChI=1S/C23H21FN2O5S/c1-15(27)26-18(13-24)14-25(23(28)22-4-3-11-31-22)21-12-17(7-10-20(21)26)16-5-8-19(9-6-16)32(2,29)30/h3-12,18H,13-14H2,1-2H3. The third-order valence-corrected chi connectivity index (χ3v) is 6.52. The van der Waals surface area contributed by atoms with Crippen molar-refractivity contribution in [2.75, 3.05) is 29.3 Å². The third-order valence-electron chi connectivity index (χ3n) is 5.39. The largest absolute Gasteiger partial charge is 0.459 e. The molecule has 2 aromatic carbocycles. The van der Waals surface area contributed by atoms with Crippen LogP contribution in [-0.2, 0) is 14.6 Å². The van der Waals surface area contributed by atoms with Crippen molar-refractivity contribution in [2.45, 2.75) is 17.9 Å². The second-order valence-corrected chi connectivity index (χ2v) is 9.61. The number of fused-ring (bicyclic) bond motifs is 1. The van der Waals surface area contributed by atoms with E-state index in [9.17, 15) is 22.4 Å². The first-order valence-electron chi connectivity index (χ1n) is 9.86. The fourth-order valence-corrected chi connectivity index (χ4v) is 4.51. The van der Waals surface area contributed by atoms with Crippen molar-refractivity contribution in [3.05, 3.63) is 66.6 Å². The summed E-state index contributed by atoms with van der Waals surface area (Å²) in [5.41, 5.74) is 2.30. The Labute approximate surface area is 185 Å². The number of benzene rings is 2. The molecule has 1 aromatic heterocycles. The Hall–Kier alpha value is -3.46. The molecule has 1 aliphatic heterocycles. The maximum Gasteiger partial charge on any atom is 0.294 e. The van der Waals surface area contributed by atoms with Crippen LogP contribution in [0.2, 0.25) is 0 Å². The number of carbonyl (C=O) groups is 2. The van der Waals surface area contributed by atoms with E-state index in [1.807, 2.05) is 0 Å². The van der Waals surface area contributed by atoms with Gasteiger partial charge in [-0.25, -0.2) is 12.8 Å². The lowest BCUT2D eigenvalue weighted by Crippen LogP contribution is -2.53. The molecule has 0 aliphatic carbocycles. The van der Waals surface area contributed by atoms with Crippen LogP contribution in [0.15, 0.2) is 70.2 Å². The molecular weight excluding hydrogens is 435 g/mol. The number of anilines is 2. The number of halogens is 1. The number of alkyl halides is 1. The molecule has 1 aliphatic rings. The summed E-state index contributed by atoms with van der Waals surface area (Å²) in [4.78, 5) is 28.4. The molecular formula is C23H21FN2O5S. The minimum atomic E-state index is -3.33. The van der Waals surface area contributed by atoms with E-state index in [0.29, 0.717) is 16.9 Å². The fraction of sp³-hybridized carbons (Fsp3) is 0.217. The second-order valence-electron chi connectivity index (χ2n) is 7.59. The topological polar surface area (TPSA) is 87.9 Å². The molecule has 166 valence electrons. The Bertz CT molecular complexity index is 1270. The summed E-state index contributed by atoms with van der Waals surface area (Å²) in [7, 11) is -3.33. The number of carbonyl (C=O) groups excluding carboxylic acids is 2. The molecule has 0 spiro atoms. The highest BCUT2D eigenvalue weighted by Crippen LogP contribution is 2.40. The minimum absolute atomic E-state index is 0.0287. The van der Waals surface area contributed by atoms with Crippen molar-refractivity contribution in [3.8, 4) is 11.1 Å². The molecule has 0 fully saturated rings. The highest BCUT2D eigenvalue weighted by atomic mass is 32.2. The zero-order valence-electron chi connectivity index (χ0n) is 17.5. The van der Waals surface area contributed by atoms with Gasteiger partial charge in [-0.15, -0.1) is 0 Å². The first-order valence-corrected chi connectivity index (χ1v) is 11.8. The normalized spacial score (nSPS) is 16.0. The lowest BCUT2D eigenvalue weighted by molar-refractivity contribution is -0.117. The van der Waals surface area contributed by atoms with Crippen LogP contribution >= 0.6 is 0 Å². The van der Waals surface area contributed by atoms with Crippen molar-refractivity contribution in [3.63, 3.8) is 0 Å². The Kier molecular flexibility index (Phi) is 5.60. The SMILES string of the molecule is CC(=O)N1c2ccc(-c3ccc(S(C)(=O)=O)cc3)cc2N(C(=O)c2ccco2)CC1CF. The number of nitrogens with zero attached hydrogens (tertiary/aromatic N) is 2. The molecule has 3 aromatic rings. The zero-order valence-corrected chi connectivity index (χ0v) is 18.3. The molecule has 1 atom stereocenters. The number of hydrogen-bond donors (Lipinski definition) is 0. The summed E-state index contributed by atoms with van der Waals surface area (Å²) in [6.07, 6.45) is 2.52. The smallest absolute Gasteiger partial charge is 0.294 e.